The standard InChI is InChI=1S/C15H15FN2/c1-11(15-8-3-2-5-12(15)10-16)18-14-7-4-6-13(17)9-14/h2-9,18H,1,10,17H2. The summed E-state index contributed by atoms with van der Waals surface area (Å²) in [7, 11) is 0. The van der Waals surface area contributed by atoms with Crippen molar-refractivity contribution in [2.75, 3.05) is 11.1 Å². The van der Waals surface area contributed by atoms with Crippen molar-refractivity contribution in [3.8, 4) is 0 Å². The van der Waals surface area contributed by atoms with Gasteiger partial charge in [-0.15, -0.1) is 0 Å². The summed E-state index contributed by atoms with van der Waals surface area (Å²) < 4.78 is 12.9. The first-order valence-electron chi connectivity index (χ1n) is 5.66. The van der Waals surface area contributed by atoms with E-state index in [1.54, 1.807) is 6.07 Å². The molecule has 0 aromatic heterocycles. The number of nitrogens with two attached hydrogens (primary N) is 1. The molecule has 0 amide bonds. The van der Waals surface area contributed by atoms with Gasteiger partial charge in [-0.05, 0) is 23.8 Å². The van der Waals surface area contributed by atoms with Crippen molar-refractivity contribution in [2.24, 2.45) is 0 Å². The van der Waals surface area contributed by atoms with E-state index in [2.05, 4.69) is 11.9 Å². The highest BCUT2D eigenvalue weighted by molar-refractivity contribution is 5.77. The third-order valence-electron chi connectivity index (χ3n) is 2.67. The van der Waals surface area contributed by atoms with Crippen LogP contribution in [-0.4, -0.2) is 0 Å². The number of nitrogen functional groups attached to an aromatic ring is 1. The maximum absolute atomic E-state index is 12.9. The van der Waals surface area contributed by atoms with Crippen LogP contribution in [0, 0.1) is 0 Å². The van der Waals surface area contributed by atoms with Gasteiger partial charge in [-0.25, -0.2) is 4.39 Å². The lowest BCUT2D eigenvalue weighted by Crippen LogP contribution is -2.00. The molecule has 0 radical (unpaired) electrons. The highest BCUT2D eigenvalue weighted by atomic mass is 19.1. The Balaban J connectivity index is 2.22. The van der Waals surface area contributed by atoms with Gasteiger partial charge in [0, 0.05) is 22.6 Å². The summed E-state index contributed by atoms with van der Waals surface area (Å²) in [4.78, 5) is 0. The van der Waals surface area contributed by atoms with Gasteiger partial charge in [-0.1, -0.05) is 36.9 Å². The molecule has 0 aliphatic rings. The molecule has 0 fully saturated rings. The summed E-state index contributed by atoms with van der Waals surface area (Å²) in [5, 5.41) is 3.13. The number of halogens is 1. The number of hydrogen-bond donors (Lipinski definition) is 2. The molecule has 3 N–H and O–H groups in total. The van der Waals surface area contributed by atoms with E-state index in [1.807, 2.05) is 42.5 Å². The van der Waals surface area contributed by atoms with E-state index in [-0.39, 0.29) is 0 Å². The van der Waals surface area contributed by atoms with Crippen LogP contribution in [0.15, 0.2) is 55.1 Å². The Labute approximate surface area is 106 Å². The van der Waals surface area contributed by atoms with Crippen molar-refractivity contribution in [3.05, 3.63) is 66.2 Å². The van der Waals surface area contributed by atoms with Crippen molar-refractivity contribution < 1.29 is 4.39 Å². The number of anilines is 2. The van der Waals surface area contributed by atoms with Gasteiger partial charge in [0.25, 0.3) is 0 Å². The largest absolute Gasteiger partial charge is 0.399 e. The van der Waals surface area contributed by atoms with E-state index in [0.29, 0.717) is 16.9 Å². The molecule has 0 saturated carbocycles. The first-order chi connectivity index (χ1) is 8.70. The van der Waals surface area contributed by atoms with Crippen LogP contribution >= 0.6 is 0 Å². The molecule has 2 aromatic rings. The second-order valence-electron chi connectivity index (χ2n) is 4.02. The van der Waals surface area contributed by atoms with Crippen molar-refractivity contribution in [1.29, 1.82) is 0 Å². The van der Waals surface area contributed by atoms with Crippen LogP contribution in [0.4, 0.5) is 15.8 Å². The Morgan fingerprint density at radius 1 is 1.17 bits per heavy atom. The lowest BCUT2D eigenvalue weighted by Gasteiger charge is -2.12. The van der Waals surface area contributed by atoms with E-state index in [4.69, 9.17) is 5.73 Å². The van der Waals surface area contributed by atoms with Crippen molar-refractivity contribution in [1.82, 2.24) is 0 Å². The topological polar surface area (TPSA) is 38.0 Å². The number of alkyl halides is 1. The van der Waals surface area contributed by atoms with Crippen LogP contribution < -0.4 is 11.1 Å². The van der Waals surface area contributed by atoms with Crippen molar-refractivity contribution in [2.45, 2.75) is 6.67 Å². The summed E-state index contributed by atoms with van der Waals surface area (Å²) in [6.07, 6.45) is 0. The van der Waals surface area contributed by atoms with Gasteiger partial charge in [0.1, 0.15) is 6.67 Å². The molecule has 0 bridgehead atoms. The van der Waals surface area contributed by atoms with Gasteiger partial charge in [0.05, 0.1) is 0 Å². The van der Waals surface area contributed by atoms with Gasteiger partial charge in [0.2, 0.25) is 0 Å². The zero-order valence-corrected chi connectivity index (χ0v) is 9.99. The highest BCUT2D eigenvalue weighted by Crippen LogP contribution is 2.22. The summed E-state index contributed by atoms with van der Waals surface area (Å²) in [6, 6.07) is 14.6. The minimum absolute atomic E-state index is 0.506. The zero-order valence-electron chi connectivity index (χ0n) is 9.99. The molecule has 0 unspecified atom stereocenters. The maximum atomic E-state index is 12.9. The summed E-state index contributed by atoms with van der Waals surface area (Å²) >= 11 is 0. The molecule has 2 aromatic carbocycles. The molecule has 0 spiro atoms. The molecular weight excluding hydrogens is 227 g/mol. The minimum Gasteiger partial charge on any atom is -0.399 e. The summed E-state index contributed by atoms with van der Waals surface area (Å²) in [6.45, 7) is 3.43. The lowest BCUT2D eigenvalue weighted by molar-refractivity contribution is 0.484. The molecule has 2 rings (SSSR count). The van der Waals surface area contributed by atoms with Crippen LogP contribution in [0.5, 0.6) is 0 Å². The number of nitrogens with one attached hydrogen (secondary N) is 1. The number of rotatable bonds is 4. The molecule has 18 heavy (non-hydrogen) atoms. The van der Waals surface area contributed by atoms with E-state index in [1.165, 1.54) is 0 Å². The van der Waals surface area contributed by atoms with Gasteiger partial charge < -0.3 is 11.1 Å². The van der Waals surface area contributed by atoms with Crippen molar-refractivity contribution in [3.63, 3.8) is 0 Å². The Bertz CT molecular complexity index is 564. The fourth-order valence-corrected chi connectivity index (χ4v) is 1.79. The molecule has 0 heterocycles. The smallest absolute Gasteiger partial charge is 0.115 e. The molecule has 0 aliphatic heterocycles. The minimum atomic E-state index is -0.506. The third-order valence-corrected chi connectivity index (χ3v) is 2.67. The molecule has 2 nitrogen and oxygen atoms in total. The average Bonchev–Trinajstić information content (AvgIpc) is 2.38. The molecule has 3 heteroatoms. The monoisotopic (exact) mass is 242 g/mol. The van der Waals surface area contributed by atoms with E-state index in [0.717, 1.165) is 11.3 Å². The maximum Gasteiger partial charge on any atom is 0.115 e. The SMILES string of the molecule is C=C(Nc1cccc(N)c1)c1ccccc1CF. The summed E-state index contributed by atoms with van der Waals surface area (Å²) in [5.74, 6) is 0. The molecule has 0 aliphatic carbocycles. The van der Waals surface area contributed by atoms with Crippen LogP contribution in [0.25, 0.3) is 5.70 Å². The van der Waals surface area contributed by atoms with E-state index >= 15 is 0 Å². The fourth-order valence-electron chi connectivity index (χ4n) is 1.79. The number of hydrogen-bond acceptors (Lipinski definition) is 2. The predicted octanol–water partition coefficient (Wildman–Crippen LogP) is 3.82. The van der Waals surface area contributed by atoms with E-state index in [9.17, 15) is 4.39 Å². The summed E-state index contributed by atoms with van der Waals surface area (Å²) in [5.41, 5.74) is 9.28. The fraction of sp³-hybridized carbons (Fsp3) is 0.0667. The Morgan fingerprint density at radius 2 is 1.94 bits per heavy atom. The van der Waals surface area contributed by atoms with Crippen molar-refractivity contribution >= 4 is 17.1 Å². The second-order valence-corrected chi connectivity index (χ2v) is 4.02. The van der Waals surface area contributed by atoms with Crippen LogP contribution in [0.2, 0.25) is 0 Å². The molecule has 0 atom stereocenters. The lowest BCUT2D eigenvalue weighted by atomic mass is 10.1. The van der Waals surface area contributed by atoms with E-state index < -0.39 is 6.67 Å². The Morgan fingerprint density at radius 3 is 2.67 bits per heavy atom. The van der Waals surface area contributed by atoms with Gasteiger partial charge in [0.15, 0.2) is 0 Å². The van der Waals surface area contributed by atoms with Gasteiger partial charge in [-0.3, -0.25) is 0 Å². The predicted molar refractivity (Wildman–Crippen MR) is 74.8 cm³/mol. The third kappa shape index (κ3) is 2.69. The van der Waals surface area contributed by atoms with Gasteiger partial charge >= 0.3 is 0 Å². The highest BCUT2D eigenvalue weighted by Gasteiger charge is 2.05. The first-order valence-corrected chi connectivity index (χ1v) is 5.66. The van der Waals surface area contributed by atoms with Crippen LogP contribution in [0.3, 0.4) is 0 Å². The normalized spacial score (nSPS) is 10.1. The Hall–Kier alpha value is -2.29. The number of benzene rings is 2. The molecular formula is C15H15FN2. The van der Waals surface area contributed by atoms with Crippen LogP contribution in [-0.2, 0) is 6.67 Å². The Kier molecular flexibility index (Phi) is 3.63. The first kappa shape index (κ1) is 12.2. The molecule has 92 valence electrons. The van der Waals surface area contributed by atoms with Gasteiger partial charge in [-0.2, -0.15) is 0 Å². The second kappa shape index (κ2) is 5.36. The average molecular weight is 242 g/mol. The van der Waals surface area contributed by atoms with Crippen LogP contribution in [0.1, 0.15) is 11.1 Å². The quantitative estimate of drug-likeness (QED) is 0.800. The zero-order chi connectivity index (χ0) is 13.0. The molecule has 0 saturated heterocycles.